The monoisotopic (exact) mass is 415 g/mol. The number of piperidine rings is 1. The molecule has 2 aliphatic heterocycles. The van der Waals surface area contributed by atoms with E-state index in [9.17, 15) is 0 Å². The maximum absolute atomic E-state index is 6.59. The number of likely N-dealkylation sites (N-methyl/N-ethyl adjacent to an activating group) is 1. The van der Waals surface area contributed by atoms with Gasteiger partial charge >= 0.3 is 0 Å². The molecule has 156 valence electrons. The van der Waals surface area contributed by atoms with E-state index < -0.39 is 0 Å². The lowest BCUT2D eigenvalue weighted by Crippen LogP contribution is -2.52. The highest BCUT2D eigenvalue weighted by molar-refractivity contribution is 6.33. The van der Waals surface area contributed by atoms with Crippen LogP contribution in [0.1, 0.15) is 18.4 Å². The Hall–Kier alpha value is -2.09. The summed E-state index contributed by atoms with van der Waals surface area (Å²) in [6, 6.07) is 6.49. The number of aromatic nitrogens is 2. The Morgan fingerprint density at radius 3 is 2.52 bits per heavy atom. The smallest absolute Gasteiger partial charge is 0.229 e. The van der Waals surface area contributed by atoms with Crippen molar-refractivity contribution in [2.45, 2.75) is 25.8 Å². The fraction of sp³-hybridized carbons (Fsp3) is 0.524. The summed E-state index contributed by atoms with van der Waals surface area (Å²) < 4.78 is 0. The van der Waals surface area contributed by atoms with E-state index in [2.05, 4.69) is 56.1 Å². The third-order valence-electron chi connectivity index (χ3n) is 6.07. The molecule has 7 nitrogen and oxygen atoms in total. The van der Waals surface area contributed by atoms with E-state index in [1.165, 1.54) is 50.3 Å². The van der Waals surface area contributed by atoms with Crippen molar-refractivity contribution < 1.29 is 0 Å². The molecule has 3 N–H and O–H groups in total. The maximum Gasteiger partial charge on any atom is 0.229 e. The van der Waals surface area contributed by atoms with Gasteiger partial charge in [0.05, 0.1) is 10.7 Å². The normalized spacial score (nSPS) is 19.5. The first kappa shape index (κ1) is 20.2. The highest BCUT2D eigenvalue weighted by Crippen LogP contribution is 2.34. The zero-order valence-corrected chi connectivity index (χ0v) is 18.0. The SMILES string of the molecule is Cc1cc(Nc2nccc(N)n2)c(Cl)cc1N1CCC(N2CCN(C)CC2)CC1. The van der Waals surface area contributed by atoms with Crippen molar-refractivity contribution in [3.05, 3.63) is 35.0 Å². The van der Waals surface area contributed by atoms with Gasteiger partial charge in [-0.1, -0.05) is 11.6 Å². The van der Waals surface area contributed by atoms with Gasteiger partial charge in [-0.25, -0.2) is 4.98 Å². The van der Waals surface area contributed by atoms with Crippen molar-refractivity contribution in [3.8, 4) is 0 Å². The quantitative estimate of drug-likeness (QED) is 0.795. The molecule has 0 amide bonds. The van der Waals surface area contributed by atoms with E-state index in [-0.39, 0.29) is 0 Å². The molecule has 0 aliphatic carbocycles. The molecule has 1 aromatic heterocycles. The predicted molar refractivity (Wildman–Crippen MR) is 120 cm³/mol. The topological polar surface area (TPSA) is 73.5 Å². The zero-order chi connectivity index (χ0) is 20.4. The molecular weight excluding hydrogens is 386 g/mol. The fourth-order valence-electron chi connectivity index (χ4n) is 4.32. The van der Waals surface area contributed by atoms with Crippen LogP contribution < -0.4 is 16.0 Å². The van der Waals surface area contributed by atoms with Gasteiger partial charge in [-0.3, -0.25) is 4.90 Å². The standard InChI is InChI=1S/C21H30ClN7/c1-15-13-18(25-21-24-6-3-20(23)26-21)17(22)14-19(15)29-7-4-16(5-8-29)28-11-9-27(2)10-12-28/h3,6,13-14,16H,4-5,7-12H2,1-2H3,(H3,23,24,25,26). The van der Waals surface area contributed by atoms with Crippen LogP contribution in [0.5, 0.6) is 0 Å². The molecule has 1 aromatic carbocycles. The second-order valence-electron chi connectivity index (χ2n) is 8.11. The first-order valence-electron chi connectivity index (χ1n) is 10.3. The third-order valence-corrected chi connectivity index (χ3v) is 6.38. The number of hydrogen-bond donors (Lipinski definition) is 2. The molecule has 2 aliphatic rings. The fourth-order valence-corrected chi connectivity index (χ4v) is 4.52. The number of nitrogen functional groups attached to an aromatic ring is 1. The number of nitrogens with zero attached hydrogens (tertiary/aromatic N) is 5. The summed E-state index contributed by atoms with van der Waals surface area (Å²) in [6.45, 7) is 9.01. The molecule has 0 atom stereocenters. The molecule has 2 fully saturated rings. The van der Waals surface area contributed by atoms with Gasteiger partial charge in [0.15, 0.2) is 0 Å². The van der Waals surface area contributed by atoms with Gasteiger partial charge in [0, 0.05) is 57.2 Å². The summed E-state index contributed by atoms with van der Waals surface area (Å²) in [5, 5.41) is 3.84. The number of hydrogen-bond acceptors (Lipinski definition) is 7. The number of rotatable bonds is 4. The predicted octanol–water partition coefficient (Wildman–Crippen LogP) is 2.98. The highest BCUT2D eigenvalue weighted by atomic mass is 35.5. The molecule has 0 bridgehead atoms. The minimum Gasteiger partial charge on any atom is -0.384 e. The van der Waals surface area contributed by atoms with Gasteiger partial charge in [0.25, 0.3) is 0 Å². The second-order valence-corrected chi connectivity index (χ2v) is 8.51. The number of halogens is 1. The van der Waals surface area contributed by atoms with Crippen molar-refractivity contribution in [1.29, 1.82) is 0 Å². The van der Waals surface area contributed by atoms with Gasteiger partial charge in [-0.05, 0) is 50.6 Å². The number of nitrogens with two attached hydrogens (primary N) is 1. The highest BCUT2D eigenvalue weighted by Gasteiger charge is 2.27. The van der Waals surface area contributed by atoms with E-state index >= 15 is 0 Å². The first-order chi connectivity index (χ1) is 14.0. The number of nitrogens with one attached hydrogen (secondary N) is 1. The summed E-state index contributed by atoms with van der Waals surface area (Å²) in [5.74, 6) is 0.877. The molecule has 0 spiro atoms. The van der Waals surface area contributed by atoms with Crippen LogP contribution in [0.25, 0.3) is 0 Å². The van der Waals surface area contributed by atoms with Crippen molar-refractivity contribution in [3.63, 3.8) is 0 Å². The number of anilines is 4. The first-order valence-corrected chi connectivity index (χ1v) is 10.7. The van der Waals surface area contributed by atoms with Gasteiger partial charge in [0.2, 0.25) is 5.95 Å². The van der Waals surface area contributed by atoms with Crippen LogP contribution in [-0.4, -0.2) is 72.1 Å². The second kappa shape index (κ2) is 8.73. The third kappa shape index (κ3) is 4.74. The number of aryl methyl sites for hydroxylation is 1. The maximum atomic E-state index is 6.59. The molecule has 29 heavy (non-hydrogen) atoms. The van der Waals surface area contributed by atoms with Crippen LogP contribution in [0.2, 0.25) is 5.02 Å². The zero-order valence-electron chi connectivity index (χ0n) is 17.2. The molecular formula is C21H30ClN7. The molecule has 0 radical (unpaired) electrons. The van der Waals surface area contributed by atoms with E-state index in [1.807, 2.05) is 0 Å². The van der Waals surface area contributed by atoms with E-state index in [4.69, 9.17) is 17.3 Å². The van der Waals surface area contributed by atoms with Gasteiger partial charge in [-0.2, -0.15) is 4.98 Å². The van der Waals surface area contributed by atoms with E-state index in [1.54, 1.807) is 12.3 Å². The minimum absolute atomic E-state index is 0.426. The average Bonchev–Trinajstić information content (AvgIpc) is 2.71. The summed E-state index contributed by atoms with van der Waals surface area (Å²) in [4.78, 5) is 15.9. The van der Waals surface area contributed by atoms with Gasteiger partial charge in [0.1, 0.15) is 5.82 Å². The van der Waals surface area contributed by atoms with E-state index in [0.29, 0.717) is 22.8 Å². The Morgan fingerprint density at radius 1 is 1.10 bits per heavy atom. The largest absolute Gasteiger partial charge is 0.384 e. The molecule has 8 heteroatoms. The van der Waals surface area contributed by atoms with Crippen molar-refractivity contribution in [2.24, 2.45) is 0 Å². The Balaban J connectivity index is 1.41. The van der Waals surface area contributed by atoms with Crippen LogP contribution in [0.4, 0.5) is 23.1 Å². The molecule has 0 unspecified atom stereocenters. The Bertz CT molecular complexity index is 843. The molecule has 3 heterocycles. The van der Waals surface area contributed by atoms with Gasteiger partial charge < -0.3 is 20.9 Å². The summed E-state index contributed by atoms with van der Waals surface area (Å²) in [6.07, 6.45) is 4.04. The van der Waals surface area contributed by atoms with Crippen molar-refractivity contribution >= 4 is 34.7 Å². The molecule has 2 saturated heterocycles. The lowest BCUT2D eigenvalue weighted by molar-refractivity contribution is 0.0982. The van der Waals surface area contributed by atoms with Crippen LogP contribution in [-0.2, 0) is 0 Å². The molecule has 4 rings (SSSR count). The summed E-state index contributed by atoms with van der Waals surface area (Å²) in [7, 11) is 2.21. The van der Waals surface area contributed by atoms with Crippen molar-refractivity contribution in [2.75, 3.05) is 62.3 Å². The van der Waals surface area contributed by atoms with Crippen LogP contribution >= 0.6 is 11.6 Å². The lowest BCUT2D eigenvalue weighted by atomic mass is 10.0. The average molecular weight is 416 g/mol. The van der Waals surface area contributed by atoms with E-state index in [0.717, 1.165) is 18.8 Å². The van der Waals surface area contributed by atoms with Gasteiger partial charge in [-0.15, -0.1) is 0 Å². The van der Waals surface area contributed by atoms with Crippen molar-refractivity contribution in [1.82, 2.24) is 19.8 Å². The number of piperazine rings is 1. The Kier molecular flexibility index (Phi) is 6.08. The minimum atomic E-state index is 0.426. The van der Waals surface area contributed by atoms with Crippen LogP contribution in [0, 0.1) is 6.92 Å². The van der Waals surface area contributed by atoms with Crippen LogP contribution in [0.15, 0.2) is 24.4 Å². The Labute approximate surface area is 177 Å². The molecule has 2 aromatic rings. The summed E-state index contributed by atoms with van der Waals surface area (Å²) in [5.41, 5.74) is 8.94. The Morgan fingerprint density at radius 2 is 1.83 bits per heavy atom. The molecule has 0 saturated carbocycles. The summed E-state index contributed by atoms with van der Waals surface area (Å²) >= 11 is 6.59. The lowest BCUT2D eigenvalue weighted by Gasteiger charge is -2.43. The number of benzene rings is 1. The van der Waals surface area contributed by atoms with Crippen LogP contribution in [0.3, 0.4) is 0 Å².